The Kier molecular flexibility index (Phi) is 6.76. The van der Waals surface area contributed by atoms with E-state index in [1.165, 1.54) is 12.1 Å². The molecule has 0 amide bonds. The van der Waals surface area contributed by atoms with Crippen molar-refractivity contribution in [2.24, 2.45) is 0 Å². The monoisotopic (exact) mass is 346 g/mol. The zero-order valence-corrected chi connectivity index (χ0v) is 14.0. The third-order valence-electron chi connectivity index (χ3n) is 3.71. The molecule has 0 heterocycles. The lowest BCUT2D eigenvalue weighted by molar-refractivity contribution is -0.480. The number of rotatable bonds is 9. The van der Waals surface area contributed by atoms with Gasteiger partial charge in [-0.25, -0.2) is 4.39 Å². The van der Waals surface area contributed by atoms with Crippen molar-refractivity contribution in [1.82, 2.24) is 0 Å². The van der Waals surface area contributed by atoms with Gasteiger partial charge in [0.25, 0.3) is 0 Å². The van der Waals surface area contributed by atoms with Crippen LogP contribution in [0.15, 0.2) is 42.5 Å². The SMILES string of the molecule is BC(C[N+](=O)[O-])c1c(F)ccc(OCCOCc2ccccc2)c1N. The van der Waals surface area contributed by atoms with E-state index >= 15 is 0 Å². The number of nitro groups is 1. The predicted molar refractivity (Wildman–Crippen MR) is 95.6 cm³/mol. The molecule has 2 N–H and O–H groups in total. The van der Waals surface area contributed by atoms with Crippen LogP contribution in [0.3, 0.4) is 0 Å². The second-order valence-corrected chi connectivity index (χ2v) is 5.68. The minimum atomic E-state index is -0.645. The fourth-order valence-corrected chi connectivity index (χ4v) is 2.51. The van der Waals surface area contributed by atoms with Gasteiger partial charge in [-0.3, -0.25) is 10.1 Å². The van der Waals surface area contributed by atoms with Gasteiger partial charge in [-0.15, -0.1) is 0 Å². The van der Waals surface area contributed by atoms with Crippen molar-refractivity contribution >= 4 is 13.5 Å². The van der Waals surface area contributed by atoms with Gasteiger partial charge in [0.1, 0.15) is 26.0 Å². The molecule has 25 heavy (non-hydrogen) atoms. The van der Waals surface area contributed by atoms with Gasteiger partial charge >= 0.3 is 0 Å². The maximum atomic E-state index is 14.0. The molecule has 0 aromatic heterocycles. The van der Waals surface area contributed by atoms with Gasteiger partial charge in [0.2, 0.25) is 6.54 Å². The van der Waals surface area contributed by atoms with E-state index in [0.717, 1.165) is 5.56 Å². The molecule has 2 aromatic rings. The number of hydrogen-bond donors (Lipinski definition) is 1. The van der Waals surface area contributed by atoms with Gasteiger partial charge in [-0.2, -0.15) is 0 Å². The predicted octanol–water partition coefficient (Wildman–Crippen LogP) is 1.95. The molecule has 1 atom stereocenters. The molecular weight excluding hydrogens is 326 g/mol. The van der Waals surface area contributed by atoms with Crippen LogP contribution in [0.2, 0.25) is 0 Å². The largest absolute Gasteiger partial charge is 0.489 e. The van der Waals surface area contributed by atoms with E-state index < -0.39 is 23.1 Å². The summed E-state index contributed by atoms with van der Waals surface area (Å²) in [6.07, 6.45) is 0. The van der Waals surface area contributed by atoms with Gasteiger partial charge in [-0.1, -0.05) is 30.3 Å². The van der Waals surface area contributed by atoms with Gasteiger partial charge in [0, 0.05) is 16.3 Å². The number of nitrogens with two attached hydrogens (primary N) is 1. The van der Waals surface area contributed by atoms with Crippen LogP contribution in [0.5, 0.6) is 5.75 Å². The fraction of sp³-hybridized carbons (Fsp3) is 0.294. The average Bonchev–Trinajstić information content (AvgIpc) is 2.57. The Hall–Kier alpha value is -2.61. The average molecular weight is 346 g/mol. The third kappa shape index (κ3) is 5.46. The highest BCUT2D eigenvalue weighted by molar-refractivity contribution is 6.13. The van der Waals surface area contributed by atoms with Gasteiger partial charge < -0.3 is 15.2 Å². The second-order valence-electron chi connectivity index (χ2n) is 5.68. The lowest BCUT2D eigenvalue weighted by Gasteiger charge is -2.16. The summed E-state index contributed by atoms with van der Waals surface area (Å²) in [5.41, 5.74) is 7.20. The molecule has 0 saturated carbocycles. The molecule has 132 valence electrons. The first-order chi connectivity index (χ1) is 12.0. The van der Waals surface area contributed by atoms with Gasteiger partial charge in [0.15, 0.2) is 0 Å². The number of halogens is 1. The molecule has 2 aromatic carbocycles. The minimum absolute atomic E-state index is 0.0948. The summed E-state index contributed by atoms with van der Waals surface area (Å²) in [6, 6.07) is 12.3. The van der Waals surface area contributed by atoms with Crippen LogP contribution in [0.4, 0.5) is 10.1 Å². The van der Waals surface area contributed by atoms with Crippen molar-refractivity contribution in [1.29, 1.82) is 0 Å². The molecule has 2 rings (SSSR count). The summed E-state index contributed by atoms with van der Waals surface area (Å²) in [7, 11) is 1.56. The van der Waals surface area contributed by atoms with Crippen molar-refractivity contribution in [3.05, 3.63) is 69.5 Å². The molecule has 0 saturated heterocycles. The van der Waals surface area contributed by atoms with Crippen LogP contribution in [0, 0.1) is 15.9 Å². The zero-order chi connectivity index (χ0) is 18.2. The van der Waals surface area contributed by atoms with Crippen molar-refractivity contribution in [2.45, 2.75) is 12.4 Å². The highest BCUT2D eigenvalue weighted by Crippen LogP contribution is 2.32. The molecule has 0 bridgehead atoms. The quantitative estimate of drug-likeness (QED) is 0.247. The van der Waals surface area contributed by atoms with Crippen LogP contribution < -0.4 is 10.5 Å². The number of nitrogens with zero attached hydrogens (tertiary/aromatic N) is 1. The van der Waals surface area contributed by atoms with E-state index in [0.29, 0.717) is 19.0 Å². The Morgan fingerprint density at radius 3 is 2.60 bits per heavy atom. The van der Waals surface area contributed by atoms with Crippen LogP contribution in [-0.4, -0.2) is 32.5 Å². The summed E-state index contributed by atoms with van der Waals surface area (Å²) in [4.78, 5) is 10.2. The Bertz CT molecular complexity index is 715. The third-order valence-corrected chi connectivity index (χ3v) is 3.71. The van der Waals surface area contributed by atoms with E-state index in [1.54, 1.807) is 7.85 Å². The highest BCUT2D eigenvalue weighted by atomic mass is 19.1. The van der Waals surface area contributed by atoms with Gasteiger partial charge in [0.05, 0.1) is 18.9 Å². The molecule has 0 radical (unpaired) electrons. The Morgan fingerprint density at radius 2 is 1.92 bits per heavy atom. The smallest absolute Gasteiger partial charge is 0.203 e. The summed E-state index contributed by atoms with van der Waals surface area (Å²) in [5, 5.41) is 10.6. The normalized spacial score (nSPS) is 11.9. The summed E-state index contributed by atoms with van der Waals surface area (Å²) >= 11 is 0. The standard InChI is InChI=1S/C17H20BFN2O4/c18-13(10-21(22)23)16-14(19)6-7-15(17(16)20)25-9-8-24-11-12-4-2-1-3-5-12/h1-7,13H,8-11,18,20H2. The Labute approximate surface area is 146 Å². The lowest BCUT2D eigenvalue weighted by atomic mass is 9.80. The number of hydrogen-bond acceptors (Lipinski definition) is 5. The summed E-state index contributed by atoms with van der Waals surface area (Å²) in [6.45, 7) is 0.649. The van der Waals surface area contributed by atoms with E-state index in [1.807, 2.05) is 30.3 Å². The van der Waals surface area contributed by atoms with Crippen molar-refractivity contribution < 1.29 is 18.8 Å². The summed E-state index contributed by atoms with van der Waals surface area (Å²) < 4.78 is 25.0. The van der Waals surface area contributed by atoms with E-state index in [2.05, 4.69) is 0 Å². The molecule has 0 aliphatic rings. The van der Waals surface area contributed by atoms with Gasteiger partial charge in [-0.05, 0) is 17.7 Å². The van der Waals surface area contributed by atoms with Crippen LogP contribution in [-0.2, 0) is 11.3 Å². The number of ether oxygens (including phenoxy) is 2. The molecule has 0 spiro atoms. The topological polar surface area (TPSA) is 87.6 Å². The maximum absolute atomic E-state index is 14.0. The van der Waals surface area contributed by atoms with Crippen LogP contribution >= 0.6 is 0 Å². The minimum Gasteiger partial charge on any atom is -0.489 e. The Morgan fingerprint density at radius 1 is 1.20 bits per heavy atom. The molecular formula is C17H20BFN2O4. The van der Waals surface area contributed by atoms with Crippen molar-refractivity contribution in [2.75, 3.05) is 25.5 Å². The number of anilines is 1. The van der Waals surface area contributed by atoms with Crippen molar-refractivity contribution in [3.63, 3.8) is 0 Å². The van der Waals surface area contributed by atoms with Crippen molar-refractivity contribution in [3.8, 4) is 5.75 Å². The van der Waals surface area contributed by atoms with E-state index in [9.17, 15) is 14.5 Å². The number of nitrogen functional groups attached to an aromatic ring is 1. The molecule has 0 aliphatic carbocycles. The zero-order valence-electron chi connectivity index (χ0n) is 14.0. The Balaban J connectivity index is 1.90. The van der Waals surface area contributed by atoms with Crippen LogP contribution in [0.1, 0.15) is 16.9 Å². The molecule has 8 heteroatoms. The second kappa shape index (κ2) is 9.03. The lowest BCUT2D eigenvalue weighted by Crippen LogP contribution is -2.17. The molecule has 0 aliphatic heterocycles. The first kappa shape index (κ1) is 18.7. The highest BCUT2D eigenvalue weighted by Gasteiger charge is 2.21. The number of benzene rings is 2. The molecule has 6 nitrogen and oxygen atoms in total. The molecule has 0 fully saturated rings. The summed E-state index contributed by atoms with van der Waals surface area (Å²) in [5.74, 6) is -0.915. The fourth-order valence-electron chi connectivity index (χ4n) is 2.51. The first-order valence-electron chi connectivity index (χ1n) is 7.93. The molecule has 1 unspecified atom stereocenters. The van der Waals surface area contributed by atoms with E-state index in [-0.39, 0.29) is 17.9 Å². The van der Waals surface area contributed by atoms with Crippen LogP contribution in [0.25, 0.3) is 0 Å². The maximum Gasteiger partial charge on any atom is 0.203 e. The van der Waals surface area contributed by atoms with E-state index in [4.69, 9.17) is 15.2 Å². The first-order valence-corrected chi connectivity index (χ1v) is 7.93.